The minimum Gasteiger partial charge on any atom is -0.356 e. The molecule has 1 aliphatic heterocycles. The summed E-state index contributed by atoms with van der Waals surface area (Å²) in [5.41, 5.74) is 3.90. The first-order valence-corrected chi connectivity index (χ1v) is 11.8. The summed E-state index contributed by atoms with van der Waals surface area (Å²) in [6.07, 6.45) is 3.63. The van der Waals surface area contributed by atoms with Crippen LogP contribution in [0.15, 0.2) is 89.9 Å². The fraction of sp³-hybridized carbons (Fsp3) is 0.185. The Morgan fingerprint density at radius 3 is 2.12 bits per heavy atom. The van der Waals surface area contributed by atoms with E-state index in [1.807, 2.05) is 24.3 Å². The van der Waals surface area contributed by atoms with E-state index in [0.717, 1.165) is 51.3 Å². The van der Waals surface area contributed by atoms with Gasteiger partial charge in [0.15, 0.2) is 0 Å². The van der Waals surface area contributed by atoms with Crippen LogP contribution >= 0.6 is 11.3 Å². The maximum absolute atomic E-state index is 13.5. The zero-order valence-corrected chi connectivity index (χ0v) is 18.6. The normalized spacial score (nSPS) is 14.5. The summed E-state index contributed by atoms with van der Waals surface area (Å²) in [5, 5.41) is 1.72. The molecule has 0 saturated carbocycles. The minimum atomic E-state index is -0.247. The summed E-state index contributed by atoms with van der Waals surface area (Å²) in [7, 11) is 0. The molecule has 3 nitrogen and oxygen atoms in total. The van der Waals surface area contributed by atoms with Gasteiger partial charge in [-0.1, -0.05) is 72.0 Å². The number of amidine groups is 1. The van der Waals surface area contributed by atoms with E-state index in [4.69, 9.17) is 9.98 Å². The van der Waals surface area contributed by atoms with Gasteiger partial charge in [0.25, 0.3) is 0 Å². The van der Waals surface area contributed by atoms with E-state index in [9.17, 15) is 4.39 Å². The fourth-order valence-corrected chi connectivity index (χ4v) is 4.96. The fourth-order valence-electron chi connectivity index (χ4n) is 3.99. The molecule has 0 unspecified atom stereocenters. The third kappa shape index (κ3) is 4.48. The first-order valence-electron chi connectivity index (χ1n) is 11.0. The average molecular weight is 442 g/mol. The molecule has 1 aliphatic rings. The smallest absolute Gasteiger partial charge is 0.146 e. The van der Waals surface area contributed by atoms with E-state index in [-0.39, 0.29) is 5.82 Å². The molecule has 0 atom stereocenters. The van der Waals surface area contributed by atoms with Crippen molar-refractivity contribution in [2.24, 2.45) is 4.99 Å². The van der Waals surface area contributed by atoms with Crippen LogP contribution in [0.3, 0.4) is 0 Å². The zero-order chi connectivity index (χ0) is 21.8. The van der Waals surface area contributed by atoms with Crippen LogP contribution in [0.25, 0.3) is 21.8 Å². The second-order valence-electron chi connectivity index (χ2n) is 7.89. The summed E-state index contributed by atoms with van der Waals surface area (Å²) in [4.78, 5) is 12.6. The molecule has 0 bridgehead atoms. The van der Waals surface area contributed by atoms with E-state index in [2.05, 4.69) is 41.3 Å². The van der Waals surface area contributed by atoms with Crippen LogP contribution in [0.4, 0.5) is 9.39 Å². The lowest BCUT2D eigenvalue weighted by Gasteiger charge is -2.30. The second kappa shape index (κ2) is 9.45. The molecule has 2 heterocycles. The SMILES string of the molecule is Fc1ccc(-c2nc(-c3ccccc3)c(N=C(c3ccccc3)N3CCCCC3)s2)cc1. The lowest BCUT2D eigenvalue weighted by molar-refractivity contribution is 0.343. The Balaban J connectivity index is 1.65. The van der Waals surface area contributed by atoms with Crippen LogP contribution in [-0.2, 0) is 0 Å². The first kappa shape index (κ1) is 20.6. The van der Waals surface area contributed by atoms with Crippen molar-refractivity contribution >= 4 is 22.2 Å². The van der Waals surface area contributed by atoms with Crippen LogP contribution in [0.2, 0.25) is 0 Å². The van der Waals surface area contributed by atoms with Crippen molar-refractivity contribution in [3.8, 4) is 21.8 Å². The van der Waals surface area contributed by atoms with Gasteiger partial charge in [-0.3, -0.25) is 0 Å². The Kier molecular flexibility index (Phi) is 6.08. The van der Waals surface area contributed by atoms with E-state index >= 15 is 0 Å². The summed E-state index contributed by atoms with van der Waals surface area (Å²) in [6.45, 7) is 2.02. The van der Waals surface area contributed by atoms with Crippen LogP contribution in [0.5, 0.6) is 0 Å². The molecular formula is C27H24FN3S. The predicted molar refractivity (Wildman–Crippen MR) is 131 cm³/mol. The van der Waals surface area contributed by atoms with E-state index in [1.165, 1.54) is 31.4 Å². The molecule has 0 aliphatic carbocycles. The molecule has 5 rings (SSSR count). The van der Waals surface area contributed by atoms with Gasteiger partial charge < -0.3 is 4.90 Å². The van der Waals surface area contributed by atoms with Crippen molar-refractivity contribution in [1.82, 2.24) is 9.88 Å². The van der Waals surface area contributed by atoms with Gasteiger partial charge in [0.1, 0.15) is 27.4 Å². The van der Waals surface area contributed by atoms with Gasteiger partial charge >= 0.3 is 0 Å². The Bertz CT molecular complexity index is 1190. The third-order valence-corrected chi connectivity index (χ3v) is 6.64. The zero-order valence-electron chi connectivity index (χ0n) is 17.7. The van der Waals surface area contributed by atoms with Crippen molar-refractivity contribution in [2.45, 2.75) is 19.3 Å². The number of nitrogens with zero attached hydrogens (tertiary/aromatic N) is 3. The molecule has 0 N–H and O–H groups in total. The Morgan fingerprint density at radius 1 is 0.781 bits per heavy atom. The van der Waals surface area contributed by atoms with Crippen LogP contribution in [-0.4, -0.2) is 28.8 Å². The molecule has 0 amide bonds. The third-order valence-electron chi connectivity index (χ3n) is 5.64. The van der Waals surface area contributed by atoms with Crippen LogP contribution < -0.4 is 0 Å². The summed E-state index contributed by atoms with van der Waals surface area (Å²) >= 11 is 1.55. The number of aliphatic imine (C=N–C) groups is 1. The van der Waals surface area contributed by atoms with Crippen LogP contribution in [0.1, 0.15) is 24.8 Å². The molecule has 32 heavy (non-hydrogen) atoms. The van der Waals surface area contributed by atoms with Crippen molar-refractivity contribution < 1.29 is 4.39 Å². The summed E-state index contributed by atoms with van der Waals surface area (Å²) in [5.74, 6) is 0.750. The maximum Gasteiger partial charge on any atom is 0.146 e. The Labute approximate surface area is 191 Å². The topological polar surface area (TPSA) is 28.5 Å². The average Bonchev–Trinajstić information content (AvgIpc) is 3.28. The van der Waals surface area contributed by atoms with E-state index in [1.54, 1.807) is 23.5 Å². The monoisotopic (exact) mass is 441 g/mol. The quantitative estimate of drug-likeness (QED) is 0.248. The van der Waals surface area contributed by atoms with Gasteiger partial charge in [0.2, 0.25) is 0 Å². The largest absolute Gasteiger partial charge is 0.356 e. The molecule has 4 aromatic rings. The van der Waals surface area contributed by atoms with Crippen molar-refractivity contribution in [3.05, 3.63) is 96.3 Å². The molecule has 160 valence electrons. The second-order valence-corrected chi connectivity index (χ2v) is 8.87. The van der Waals surface area contributed by atoms with E-state index in [0.29, 0.717) is 0 Å². The molecule has 1 fully saturated rings. The highest BCUT2D eigenvalue weighted by Crippen LogP contribution is 2.40. The van der Waals surface area contributed by atoms with Gasteiger partial charge in [0, 0.05) is 29.8 Å². The highest BCUT2D eigenvalue weighted by molar-refractivity contribution is 7.19. The highest BCUT2D eigenvalue weighted by atomic mass is 32.1. The molecule has 0 radical (unpaired) electrons. The number of hydrogen-bond acceptors (Lipinski definition) is 3. The summed E-state index contributed by atoms with van der Waals surface area (Å²) < 4.78 is 13.5. The maximum atomic E-state index is 13.5. The molecule has 3 aromatic carbocycles. The number of aromatic nitrogens is 1. The van der Waals surface area contributed by atoms with Gasteiger partial charge in [-0.15, -0.1) is 0 Å². The molecule has 0 spiro atoms. The molecule has 1 aromatic heterocycles. The van der Waals surface area contributed by atoms with Gasteiger partial charge in [-0.2, -0.15) is 0 Å². The number of thiazole rings is 1. The number of halogens is 1. The van der Waals surface area contributed by atoms with Gasteiger partial charge in [0.05, 0.1) is 0 Å². The lowest BCUT2D eigenvalue weighted by Crippen LogP contribution is -2.36. The highest BCUT2D eigenvalue weighted by Gasteiger charge is 2.20. The van der Waals surface area contributed by atoms with Gasteiger partial charge in [-0.25, -0.2) is 14.4 Å². The molecule has 1 saturated heterocycles. The Morgan fingerprint density at radius 2 is 1.44 bits per heavy atom. The van der Waals surface area contributed by atoms with Gasteiger partial charge in [-0.05, 0) is 43.5 Å². The van der Waals surface area contributed by atoms with Crippen molar-refractivity contribution in [2.75, 3.05) is 13.1 Å². The van der Waals surface area contributed by atoms with Crippen molar-refractivity contribution in [3.63, 3.8) is 0 Å². The Hall–Kier alpha value is -3.31. The lowest BCUT2D eigenvalue weighted by atomic mass is 10.1. The number of rotatable bonds is 4. The molecule has 5 heteroatoms. The van der Waals surface area contributed by atoms with Crippen LogP contribution in [0, 0.1) is 5.82 Å². The number of piperidine rings is 1. The number of likely N-dealkylation sites (tertiary alicyclic amines) is 1. The summed E-state index contributed by atoms with van der Waals surface area (Å²) in [6, 6.07) is 27.1. The van der Waals surface area contributed by atoms with E-state index < -0.39 is 0 Å². The molecular weight excluding hydrogens is 417 g/mol. The number of benzene rings is 3. The predicted octanol–water partition coefficient (Wildman–Crippen LogP) is 7.18. The minimum absolute atomic E-state index is 0.247. The van der Waals surface area contributed by atoms with Crippen molar-refractivity contribution in [1.29, 1.82) is 0 Å². The standard InChI is InChI=1S/C27H24FN3S/c28-23-16-14-22(15-17-23)26-29-24(20-10-4-1-5-11-20)27(32-26)30-25(21-12-6-2-7-13-21)31-18-8-3-9-19-31/h1-2,4-7,10-17H,3,8-9,18-19H2. The number of hydrogen-bond donors (Lipinski definition) is 0. The first-order chi connectivity index (χ1) is 15.8.